The molecule has 10 nitrogen and oxygen atoms in total. The Morgan fingerprint density at radius 3 is 2.19 bits per heavy atom. The maximum absolute atomic E-state index is 12.3. The predicted octanol–water partition coefficient (Wildman–Crippen LogP) is 2.95. The van der Waals surface area contributed by atoms with Gasteiger partial charge in [0.2, 0.25) is 0 Å². The van der Waals surface area contributed by atoms with Crippen LogP contribution in [0.15, 0.2) is 36.4 Å². The first-order valence-electron chi connectivity index (χ1n) is 7.42. The second-order valence-corrected chi connectivity index (χ2v) is 5.77. The number of non-ortho nitro benzene ring substituents is 2. The molecule has 1 amide bonds. The van der Waals surface area contributed by atoms with E-state index in [4.69, 9.17) is 17.0 Å². The van der Waals surface area contributed by atoms with Crippen molar-refractivity contribution < 1.29 is 19.4 Å². The Balaban J connectivity index is 2.22. The first-order chi connectivity index (χ1) is 12.7. The Hall–Kier alpha value is -3.60. The highest BCUT2D eigenvalue weighted by atomic mass is 32.1. The van der Waals surface area contributed by atoms with Gasteiger partial charge in [-0.25, -0.2) is 0 Å². The molecule has 0 aromatic heterocycles. The van der Waals surface area contributed by atoms with Gasteiger partial charge in [0.25, 0.3) is 17.3 Å². The van der Waals surface area contributed by atoms with Crippen molar-refractivity contribution in [1.82, 2.24) is 5.32 Å². The number of carbonyl (C=O) groups is 1. The number of methoxy groups -OCH3 is 1. The molecule has 0 spiro atoms. The number of nitrogens with one attached hydrogen (secondary N) is 2. The van der Waals surface area contributed by atoms with Crippen molar-refractivity contribution >= 4 is 40.3 Å². The molecule has 0 saturated heterocycles. The summed E-state index contributed by atoms with van der Waals surface area (Å²) in [5.74, 6) is -0.339. The van der Waals surface area contributed by atoms with Crippen LogP contribution in [0.2, 0.25) is 0 Å². The third-order valence-corrected chi connectivity index (χ3v) is 3.62. The van der Waals surface area contributed by atoms with Gasteiger partial charge in [-0.15, -0.1) is 0 Å². The average Bonchev–Trinajstić information content (AvgIpc) is 2.61. The van der Waals surface area contributed by atoms with Gasteiger partial charge < -0.3 is 10.1 Å². The number of amides is 1. The molecule has 2 aromatic carbocycles. The van der Waals surface area contributed by atoms with Crippen LogP contribution in [0.1, 0.15) is 15.9 Å². The number of anilines is 1. The van der Waals surface area contributed by atoms with E-state index in [0.29, 0.717) is 11.4 Å². The fourth-order valence-electron chi connectivity index (χ4n) is 2.19. The average molecular weight is 390 g/mol. The van der Waals surface area contributed by atoms with Crippen molar-refractivity contribution in [1.29, 1.82) is 0 Å². The number of ether oxygens (including phenoxy) is 1. The number of benzene rings is 2. The highest BCUT2D eigenvalue weighted by Crippen LogP contribution is 2.25. The number of nitro benzene ring substituents is 2. The van der Waals surface area contributed by atoms with Gasteiger partial charge in [0.05, 0.1) is 34.3 Å². The standard InChI is InChI=1S/C16H14N4O6S/c1-9-3-4-14(26-2)13(5-9)17-16(27)18-15(21)10-6-11(19(22)23)8-12(7-10)20(24)25/h3-8H,1-2H3,(H2,17,18,21,27). The minimum Gasteiger partial charge on any atom is -0.495 e. The highest BCUT2D eigenvalue weighted by Gasteiger charge is 2.20. The third kappa shape index (κ3) is 4.95. The van der Waals surface area contributed by atoms with Crippen LogP contribution in [0.25, 0.3) is 0 Å². The Morgan fingerprint density at radius 1 is 1.07 bits per heavy atom. The fourth-order valence-corrected chi connectivity index (χ4v) is 2.39. The topological polar surface area (TPSA) is 137 Å². The Bertz CT molecular complexity index is 914. The molecule has 0 radical (unpaired) electrons. The summed E-state index contributed by atoms with van der Waals surface area (Å²) in [4.78, 5) is 32.5. The zero-order chi connectivity index (χ0) is 20.1. The van der Waals surface area contributed by atoms with Gasteiger partial charge in [-0.1, -0.05) is 6.07 Å². The number of hydrogen-bond acceptors (Lipinski definition) is 7. The Kier molecular flexibility index (Phi) is 5.98. The van der Waals surface area contributed by atoms with E-state index in [0.717, 1.165) is 23.8 Å². The molecule has 0 aliphatic carbocycles. The number of nitrogens with zero attached hydrogens (tertiary/aromatic N) is 2. The summed E-state index contributed by atoms with van der Waals surface area (Å²) in [7, 11) is 1.47. The van der Waals surface area contributed by atoms with Crippen LogP contribution in [-0.4, -0.2) is 28.0 Å². The summed E-state index contributed by atoms with van der Waals surface area (Å²) < 4.78 is 5.19. The molecule has 0 bridgehead atoms. The molecule has 0 aliphatic heterocycles. The van der Waals surface area contributed by atoms with Crippen LogP contribution >= 0.6 is 12.2 Å². The zero-order valence-corrected chi connectivity index (χ0v) is 15.0. The van der Waals surface area contributed by atoms with Crippen LogP contribution < -0.4 is 15.4 Å². The van der Waals surface area contributed by atoms with E-state index in [2.05, 4.69) is 10.6 Å². The molecule has 0 fully saturated rings. The van der Waals surface area contributed by atoms with Gasteiger partial charge in [-0.05, 0) is 36.8 Å². The molecule has 2 aromatic rings. The number of rotatable bonds is 5. The summed E-state index contributed by atoms with van der Waals surface area (Å²) in [6.45, 7) is 1.86. The van der Waals surface area contributed by atoms with E-state index < -0.39 is 27.1 Å². The largest absolute Gasteiger partial charge is 0.495 e. The number of thiocarbonyl (C=S) groups is 1. The van der Waals surface area contributed by atoms with E-state index in [1.54, 1.807) is 12.1 Å². The molecule has 0 atom stereocenters. The lowest BCUT2D eigenvalue weighted by atomic mass is 10.1. The second-order valence-electron chi connectivity index (χ2n) is 5.36. The van der Waals surface area contributed by atoms with Crippen molar-refractivity contribution in [2.75, 3.05) is 12.4 Å². The molecule has 2 rings (SSSR count). The van der Waals surface area contributed by atoms with Crippen molar-refractivity contribution in [3.8, 4) is 5.75 Å². The van der Waals surface area contributed by atoms with Gasteiger partial charge in [0.1, 0.15) is 5.75 Å². The summed E-state index contributed by atoms with van der Waals surface area (Å²) in [6.07, 6.45) is 0. The normalized spacial score (nSPS) is 10.0. The molecule has 140 valence electrons. The lowest BCUT2D eigenvalue weighted by Crippen LogP contribution is -2.34. The maximum Gasteiger partial charge on any atom is 0.277 e. The van der Waals surface area contributed by atoms with Gasteiger partial charge >= 0.3 is 0 Å². The number of aryl methyl sites for hydroxylation is 1. The molecule has 0 unspecified atom stereocenters. The van der Waals surface area contributed by atoms with E-state index in [9.17, 15) is 25.0 Å². The molecule has 0 saturated carbocycles. The molecule has 11 heteroatoms. The van der Waals surface area contributed by atoms with Gasteiger partial charge in [0, 0.05) is 12.1 Å². The van der Waals surface area contributed by atoms with Crippen molar-refractivity contribution in [3.05, 3.63) is 67.8 Å². The summed E-state index contributed by atoms with van der Waals surface area (Å²) in [5, 5.41) is 26.8. The Morgan fingerprint density at radius 2 is 1.67 bits per heavy atom. The summed E-state index contributed by atoms with van der Waals surface area (Å²) in [5.41, 5.74) is 0.00739. The molecule has 0 aliphatic rings. The van der Waals surface area contributed by atoms with E-state index in [-0.39, 0.29) is 10.7 Å². The quantitative estimate of drug-likeness (QED) is 0.452. The van der Waals surface area contributed by atoms with Crippen molar-refractivity contribution in [3.63, 3.8) is 0 Å². The molecule has 2 N–H and O–H groups in total. The minimum atomic E-state index is -0.828. The van der Waals surface area contributed by atoms with Gasteiger partial charge in [0.15, 0.2) is 5.11 Å². The minimum absolute atomic E-state index is 0.0990. The number of nitro groups is 2. The Labute approximate surface area is 158 Å². The summed E-state index contributed by atoms with van der Waals surface area (Å²) >= 11 is 5.07. The predicted molar refractivity (Wildman–Crippen MR) is 101 cm³/mol. The second kappa shape index (κ2) is 8.19. The lowest BCUT2D eigenvalue weighted by Gasteiger charge is -2.13. The van der Waals surface area contributed by atoms with Crippen LogP contribution in [0.4, 0.5) is 17.1 Å². The first-order valence-corrected chi connectivity index (χ1v) is 7.83. The highest BCUT2D eigenvalue weighted by molar-refractivity contribution is 7.80. The number of carbonyl (C=O) groups excluding carboxylic acids is 1. The van der Waals surface area contributed by atoms with Crippen LogP contribution in [0, 0.1) is 27.2 Å². The maximum atomic E-state index is 12.3. The zero-order valence-electron chi connectivity index (χ0n) is 14.2. The van der Waals surface area contributed by atoms with Crippen LogP contribution in [0.3, 0.4) is 0 Å². The molecular weight excluding hydrogens is 376 g/mol. The number of hydrogen-bond donors (Lipinski definition) is 2. The monoisotopic (exact) mass is 390 g/mol. The van der Waals surface area contributed by atoms with Crippen LogP contribution in [0.5, 0.6) is 5.75 Å². The molecular formula is C16H14N4O6S. The van der Waals surface area contributed by atoms with E-state index in [1.807, 2.05) is 13.0 Å². The van der Waals surface area contributed by atoms with Crippen LogP contribution in [-0.2, 0) is 0 Å². The SMILES string of the molecule is COc1ccc(C)cc1NC(=S)NC(=O)c1cc([N+](=O)[O-])cc([N+](=O)[O-])c1. The van der Waals surface area contributed by atoms with E-state index in [1.165, 1.54) is 7.11 Å². The van der Waals surface area contributed by atoms with Crippen molar-refractivity contribution in [2.45, 2.75) is 6.92 Å². The molecule has 0 heterocycles. The van der Waals surface area contributed by atoms with Crippen molar-refractivity contribution in [2.24, 2.45) is 0 Å². The first kappa shape index (κ1) is 19.7. The third-order valence-electron chi connectivity index (χ3n) is 3.42. The van der Waals surface area contributed by atoms with Gasteiger partial charge in [-0.3, -0.25) is 30.3 Å². The molecule has 27 heavy (non-hydrogen) atoms. The lowest BCUT2D eigenvalue weighted by molar-refractivity contribution is -0.394. The summed E-state index contributed by atoms with van der Waals surface area (Å²) in [6, 6.07) is 7.91. The fraction of sp³-hybridized carbons (Fsp3) is 0.125. The van der Waals surface area contributed by atoms with Gasteiger partial charge in [-0.2, -0.15) is 0 Å². The smallest absolute Gasteiger partial charge is 0.277 e. The van der Waals surface area contributed by atoms with E-state index >= 15 is 0 Å².